The summed E-state index contributed by atoms with van der Waals surface area (Å²) in [5.74, 6) is 0.830. The van der Waals surface area contributed by atoms with Crippen molar-refractivity contribution in [3.63, 3.8) is 0 Å². The van der Waals surface area contributed by atoms with E-state index in [1.165, 1.54) is 7.11 Å². The minimum Gasteiger partial charge on any atom is -0.468 e. The number of hydrogen-bond acceptors (Lipinski definition) is 8. The number of furan rings is 2. The molecule has 0 bridgehead atoms. The normalized spacial score (nSPS) is 10.6. The molecule has 0 N–H and O–H groups in total. The predicted octanol–water partition coefficient (Wildman–Crippen LogP) is 2.66. The Hall–Kier alpha value is -2.61. The second-order valence-electron chi connectivity index (χ2n) is 4.11. The van der Waals surface area contributed by atoms with E-state index in [9.17, 15) is 4.79 Å². The van der Waals surface area contributed by atoms with E-state index in [2.05, 4.69) is 19.9 Å². The molecule has 3 aromatic heterocycles. The molecule has 0 atom stereocenters. The summed E-state index contributed by atoms with van der Waals surface area (Å²) < 4.78 is 15.3. The molecule has 0 aromatic carbocycles. The van der Waals surface area contributed by atoms with Gasteiger partial charge in [-0.2, -0.15) is 0 Å². The molecule has 112 valence electrons. The molecule has 3 aromatic rings. The largest absolute Gasteiger partial charge is 0.468 e. The second-order valence-corrected chi connectivity index (χ2v) is 5.05. The van der Waals surface area contributed by atoms with Crippen molar-refractivity contribution in [1.82, 2.24) is 15.2 Å². The Morgan fingerprint density at radius 1 is 1.14 bits per heavy atom. The molecule has 7 nitrogen and oxygen atoms in total. The second kappa shape index (κ2) is 6.44. The van der Waals surface area contributed by atoms with Crippen LogP contribution in [0.4, 0.5) is 0 Å². The van der Waals surface area contributed by atoms with Gasteiger partial charge < -0.3 is 13.6 Å². The Kier molecular flexibility index (Phi) is 4.19. The monoisotopic (exact) mass is 317 g/mol. The van der Waals surface area contributed by atoms with Gasteiger partial charge in [-0.25, -0.2) is 4.98 Å². The number of carbonyl (C=O) groups excluding carboxylic acids is 1. The van der Waals surface area contributed by atoms with Crippen LogP contribution in [0.25, 0.3) is 22.9 Å². The average Bonchev–Trinajstić information content (AvgIpc) is 3.25. The molecule has 0 radical (unpaired) electrons. The lowest BCUT2D eigenvalue weighted by Gasteiger charge is -2.05. The fraction of sp³-hybridized carbons (Fsp3) is 0.143. The van der Waals surface area contributed by atoms with Crippen molar-refractivity contribution < 1.29 is 18.4 Å². The number of nitrogens with zero attached hydrogens (tertiary/aromatic N) is 3. The van der Waals surface area contributed by atoms with E-state index in [4.69, 9.17) is 8.83 Å². The van der Waals surface area contributed by atoms with Crippen molar-refractivity contribution in [2.45, 2.75) is 5.16 Å². The highest BCUT2D eigenvalue weighted by Crippen LogP contribution is 2.30. The maximum absolute atomic E-state index is 11.2. The molecule has 0 amide bonds. The summed E-state index contributed by atoms with van der Waals surface area (Å²) in [6.45, 7) is 0. The molecule has 0 unspecified atom stereocenters. The van der Waals surface area contributed by atoms with Crippen LogP contribution < -0.4 is 0 Å². The van der Waals surface area contributed by atoms with E-state index in [1.807, 2.05) is 0 Å². The highest BCUT2D eigenvalue weighted by Gasteiger charge is 2.18. The van der Waals surface area contributed by atoms with E-state index in [0.717, 1.165) is 11.8 Å². The maximum Gasteiger partial charge on any atom is 0.316 e. The number of hydrogen-bond donors (Lipinski definition) is 0. The summed E-state index contributed by atoms with van der Waals surface area (Å²) in [5, 5.41) is 8.50. The van der Waals surface area contributed by atoms with Gasteiger partial charge in [-0.15, -0.1) is 10.2 Å². The van der Waals surface area contributed by atoms with Crippen LogP contribution in [0.3, 0.4) is 0 Å². The van der Waals surface area contributed by atoms with Gasteiger partial charge in [0, 0.05) is 0 Å². The van der Waals surface area contributed by atoms with Crippen molar-refractivity contribution in [2.75, 3.05) is 12.9 Å². The average molecular weight is 317 g/mol. The highest BCUT2D eigenvalue weighted by molar-refractivity contribution is 7.99. The van der Waals surface area contributed by atoms with Crippen LogP contribution in [-0.2, 0) is 9.53 Å². The number of carbonyl (C=O) groups is 1. The third-order valence-electron chi connectivity index (χ3n) is 2.72. The standard InChI is InChI=1S/C14H11N3O4S/c1-19-11(18)8-22-14-15-12(9-4-2-6-20-9)13(16-17-14)10-5-3-7-21-10/h2-7H,8H2,1H3. The molecule has 0 spiro atoms. The first-order chi connectivity index (χ1) is 10.8. The molecule has 8 heteroatoms. The summed E-state index contributed by atoms with van der Waals surface area (Å²) in [6.07, 6.45) is 3.09. The first kappa shape index (κ1) is 14.3. The Labute approximate surface area is 129 Å². The summed E-state index contributed by atoms with van der Waals surface area (Å²) in [4.78, 5) is 15.6. The molecule has 3 heterocycles. The maximum atomic E-state index is 11.2. The lowest BCUT2D eigenvalue weighted by molar-refractivity contribution is -0.137. The van der Waals surface area contributed by atoms with Crippen molar-refractivity contribution >= 4 is 17.7 Å². The smallest absolute Gasteiger partial charge is 0.316 e. The fourth-order valence-electron chi connectivity index (χ4n) is 1.72. The molecular weight excluding hydrogens is 306 g/mol. The fourth-order valence-corrected chi connectivity index (χ4v) is 2.34. The molecule has 0 aliphatic carbocycles. The molecule has 0 aliphatic rings. The number of esters is 1. The van der Waals surface area contributed by atoms with Gasteiger partial charge in [0.15, 0.2) is 17.2 Å². The van der Waals surface area contributed by atoms with Gasteiger partial charge in [-0.3, -0.25) is 4.79 Å². The molecular formula is C14H11N3O4S. The minimum absolute atomic E-state index is 0.107. The quantitative estimate of drug-likeness (QED) is 0.524. The van der Waals surface area contributed by atoms with E-state index in [0.29, 0.717) is 28.1 Å². The van der Waals surface area contributed by atoms with Crippen LogP contribution in [0, 0.1) is 0 Å². The van der Waals surface area contributed by atoms with Crippen LogP contribution in [0.5, 0.6) is 0 Å². The van der Waals surface area contributed by atoms with Gasteiger partial charge in [0.25, 0.3) is 0 Å². The Bertz CT molecular complexity index is 757. The summed E-state index contributed by atoms with van der Waals surface area (Å²) >= 11 is 1.14. The van der Waals surface area contributed by atoms with E-state index < -0.39 is 0 Å². The van der Waals surface area contributed by atoms with Crippen LogP contribution in [0.2, 0.25) is 0 Å². The summed E-state index contributed by atoms with van der Waals surface area (Å²) in [7, 11) is 1.33. The lowest BCUT2D eigenvalue weighted by atomic mass is 10.2. The van der Waals surface area contributed by atoms with Crippen LogP contribution in [0.15, 0.2) is 50.8 Å². The van der Waals surface area contributed by atoms with Gasteiger partial charge >= 0.3 is 5.97 Å². The third kappa shape index (κ3) is 3.01. The molecule has 3 rings (SSSR count). The Morgan fingerprint density at radius 2 is 1.82 bits per heavy atom. The van der Waals surface area contributed by atoms with Gasteiger partial charge in [0.05, 0.1) is 25.4 Å². The molecule has 22 heavy (non-hydrogen) atoms. The van der Waals surface area contributed by atoms with Crippen molar-refractivity contribution in [2.24, 2.45) is 0 Å². The summed E-state index contributed by atoms with van der Waals surface area (Å²) in [6, 6.07) is 7.04. The van der Waals surface area contributed by atoms with E-state index in [-0.39, 0.29) is 11.7 Å². The summed E-state index contributed by atoms with van der Waals surface area (Å²) in [5.41, 5.74) is 0.977. The molecule has 0 saturated carbocycles. The zero-order chi connectivity index (χ0) is 15.4. The SMILES string of the molecule is COC(=O)CSc1nnc(-c2ccco2)c(-c2ccco2)n1. The van der Waals surface area contributed by atoms with Crippen LogP contribution >= 0.6 is 11.8 Å². The van der Waals surface area contributed by atoms with Crippen LogP contribution in [-0.4, -0.2) is 34.0 Å². The number of thioether (sulfide) groups is 1. The zero-order valence-electron chi connectivity index (χ0n) is 11.6. The molecule has 0 aliphatic heterocycles. The van der Waals surface area contributed by atoms with Gasteiger partial charge in [-0.1, -0.05) is 11.8 Å². The topological polar surface area (TPSA) is 91.2 Å². The first-order valence-corrected chi connectivity index (χ1v) is 7.28. The van der Waals surface area contributed by atoms with E-state index >= 15 is 0 Å². The van der Waals surface area contributed by atoms with Gasteiger partial charge in [0.2, 0.25) is 5.16 Å². The Balaban J connectivity index is 1.96. The number of aromatic nitrogens is 3. The van der Waals surface area contributed by atoms with Gasteiger partial charge in [-0.05, 0) is 24.3 Å². The zero-order valence-corrected chi connectivity index (χ0v) is 12.4. The lowest BCUT2D eigenvalue weighted by Crippen LogP contribution is -2.05. The van der Waals surface area contributed by atoms with Crippen LogP contribution in [0.1, 0.15) is 0 Å². The predicted molar refractivity (Wildman–Crippen MR) is 78.0 cm³/mol. The third-order valence-corrected chi connectivity index (χ3v) is 3.53. The molecule has 0 saturated heterocycles. The van der Waals surface area contributed by atoms with Crippen molar-refractivity contribution in [3.8, 4) is 22.9 Å². The van der Waals surface area contributed by atoms with Crippen molar-refractivity contribution in [1.29, 1.82) is 0 Å². The van der Waals surface area contributed by atoms with Crippen molar-refractivity contribution in [3.05, 3.63) is 36.8 Å². The Morgan fingerprint density at radius 3 is 2.41 bits per heavy atom. The van der Waals surface area contributed by atoms with E-state index in [1.54, 1.807) is 36.8 Å². The number of ether oxygens (including phenoxy) is 1. The molecule has 0 fully saturated rings. The number of methoxy groups -OCH3 is 1. The van der Waals surface area contributed by atoms with Gasteiger partial charge in [0.1, 0.15) is 5.69 Å². The first-order valence-electron chi connectivity index (χ1n) is 6.30. The highest BCUT2D eigenvalue weighted by atomic mass is 32.2. The number of rotatable bonds is 5. The minimum atomic E-state index is -0.358.